The first kappa shape index (κ1) is 20.3. The summed E-state index contributed by atoms with van der Waals surface area (Å²) in [5.74, 6) is -1.15. The average molecular weight is 436 g/mol. The summed E-state index contributed by atoms with van der Waals surface area (Å²) in [6.45, 7) is 7.91. The maximum atomic E-state index is 12.7. The van der Waals surface area contributed by atoms with Gasteiger partial charge in [-0.25, -0.2) is 4.79 Å². The molecule has 0 aliphatic carbocycles. The van der Waals surface area contributed by atoms with Gasteiger partial charge < -0.3 is 14.6 Å². The van der Waals surface area contributed by atoms with Crippen LogP contribution >= 0.6 is 27.7 Å². The smallest absolute Gasteiger partial charge is 0.355 e. The van der Waals surface area contributed by atoms with Crippen LogP contribution in [0.25, 0.3) is 0 Å². The standard InChI is InChI=1S/C16H22BrNO6S/c1-8(19)16(17)13(22)18-11(12(21)24-15(3,4)5)10(6-23-9(2)20)7-25-14(16)18/h8,14,19H,6-7H2,1-5H3/t8?,14-,16+/m1/s1. The van der Waals surface area contributed by atoms with Gasteiger partial charge in [0.15, 0.2) is 4.32 Å². The maximum Gasteiger partial charge on any atom is 0.355 e. The van der Waals surface area contributed by atoms with Gasteiger partial charge in [0, 0.05) is 18.2 Å². The lowest BCUT2D eigenvalue weighted by molar-refractivity contribution is -0.161. The second-order valence-electron chi connectivity index (χ2n) is 7.02. The molecule has 0 aromatic carbocycles. The van der Waals surface area contributed by atoms with Gasteiger partial charge in [0.1, 0.15) is 23.3 Å². The Morgan fingerprint density at radius 2 is 2.08 bits per heavy atom. The third-order valence-corrected chi connectivity index (χ3v) is 6.93. The van der Waals surface area contributed by atoms with Crippen LogP contribution in [0.3, 0.4) is 0 Å². The van der Waals surface area contributed by atoms with E-state index in [0.29, 0.717) is 11.3 Å². The minimum atomic E-state index is -1.14. The number of carbonyl (C=O) groups excluding carboxylic acids is 3. The summed E-state index contributed by atoms with van der Waals surface area (Å²) < 4.78 is 9.30. The first-order valence-electron chi connectivity index (χ1n) is 7.80. The SMILES string of the molecule is CC(=O)OCC1=C(C(=O)OC(C)(C)C)N2C(=O)[C@@](Br)(C(C)O)[C@H]2SC1. The van der Waals surface area contributed by atoms with Crippen LogP contribution in [0.15, 0.2) is 11.3 Å². The quantitative estimate of drug-likeness (QED) is 0.406. The average Bonchev–Trinajstić information content (AvgIpc) is 2.48. The van der Waals surface area contributed by atoms with Crippen molar-refractivity contribution in [2.45, 2.75) is 56.0 Å². The molecular formula is C16H22BrNO6S. The normalized spacial score (nSPS) is 27.4. The molecule has 0 aromatic heterocycles. The molecule has 2 rings (SSSR count). The molecule has 2 heterocycles. The van der Waals surface area contributed by atoms with Crippen LogP contribution in [-0.2, 0) is 23.9 Å². The Morgan fingerprint density at radius 3 is 2.56 bits per heavy atom. The van der Waals surface area contributed by atoms with Gasteiger partial charge in [0.25, 0.3) is 5.91 Å². The van der Waals surface area contributed by atoms with E-state index in [2.05, 4.69) is 15.9 Å². The highest BCUT2D eigenvalue weighted by Gasteiger charge is 2.65. The number of alkyl halides is 1. The van der Waals surface area contributed by atoms with Crippen molar-refractivity contribution >= 4 is 45.5 Å². The van der Waals surface area contributed by atoms with Crippen molar-refractivity contribution < 1.29 is 29.0 Å². The van der Waals surface area contributed by atoms with Crippen LogP contribution in [0.2, 0.25) is 0 Å². The Morgan fingerprint density at radius 1 is 1.48 bits per heavy atom. The third-order valence-electron chi connectivity index (χ3n) is 3.78. The Kier molecular flexibility index (Phi) is 5.61. The fraction of sp³-hybridized carbons (Fsp3) is 0.688. The summed E-state index contributed by atoms with van der Waals surface area (Å²) in [6, 6.07) is 0. The van der Waals surface area contributed by atoms with Crippen molar-refractivity contribution in [1.82, 2.24) is 4.90 Å². The number of β-lactam (4-membered cyclic amide) rings is 1. The monoisotopic (exact) mass is 435 g/mol. The summed E-state index contributed by atoms with van der Waals surface area (Å²) in [6.07, 6.45) is -0.927. The molecule has 1 N–H and O–H groups in total. The number of fused-ring (bicyclic) bond motifs is 1. The van der Waals surface area contributed by atoms with Crippen molar-refractivity contribution in [3.63, 3.8) is 0 Å². The molecule has 2 aliphatic rings. The molecule has 0 saturated carbocycles. The molecule has 0 spiro atoms. The van der Waals surface area contributed by atoms with Crippen LogP contribution in [0.4, 0.5) is 0 Å². The van der Waals surface area contributed by atoms with E-state index in [-0.39, 0.29) is 12.3 Å². The van der Waals surface area contributed by atoms with Crippen molar-refractivity contribution in [2.24, 2.45) is 0 Å². The third kappa shape index (κ3) is 3.73. The number of esters is 2. The molecule has 0 bridgehead atoms. The van der Waals surface area contributed by atoms with Gasteiger partial charge >= 0.3 is 11.9 Å². The first-order chi connectivity index (χ1) is 11.4. The highest BCUT2D eigenvalue weighted by atomic mass is 79.9. The zero-order chi connectivity index (χ0) is 19.2. The second-order valence-corrected chi connectivity index (χ2v) is 9.40. The summed E-state index contributed by atoms with van der Waals surface area (Å²) in [5, 5.41) is 9.54. The summed E-state index contributed by atoms with van der Waals surface area (Å²) in [4.78, 5) is 37.8. The number of hydrogen-bond donors (Lipinski definition) is 1. The maximum absolute atomic E-state index is 12.7. The lowest BCUT2D eigenvalue weighted by Gasteiger charge is -2.56. The van der Waals surface area contributed by atoms with Crippen LogP contribution in [0.1, 0.15) is 34.6 Å². The predicted molar refractivity (Wildman–Crippen MR) is 95.9 cm³/mol. The molecule has 1 fully saturated rings. The molecule has 1 saturated heterocycles. The predicted octanol–water partition coefficient (Wildman–Crippen LogP) is 1.57. The van der Waals surface area contributed by atoms with Crippen molar-refractivity contribution in [2.75, 3.05) is 12.4 Å². The molecule has 7 nitrogen and oxygen atoms in total. The van der Waals surface area contributed by atoms with Gasteiger partial charge in [-0.1, -0.05) is 15.9 Å². The molecule has 0 aromatic rings. The van der Waals surface area contributed by atoms with Crippen LogP contribution in [0.5, 0.6) is 0 Å². The van der Waals surface area contributed by atoms with Gasteiger partial charge in [-0.05, 0) is 27.7 Å². The van der Waals surface area contributed by atoms with E-state index in [4.69, 9.17) is 9.47 Å². The molecule has 1 amide bonds. The molecular weight excluding hydrogens is 414 g/mol. The number of thioether (sulfide) groups is 1. The summed E-state index contributed by atoms with van der Waals surface area (Å²) in [7, 11) is 0. The van der Waals surface area contributed by atoms with E-state index in [1.807, 2.05) is 0 Å². The van der Waals surface area contributed by atoms with Gasteiger partial charge in [-0.3, -0.25) is 14.5 Å². The number of amides is 1. The van der Waals surface area contributed by atoms with Gasteiger partial charge in [-0.15, -0.1) is 11.8 Å². The second kappa shape index (κ2) is 6.92. The van der Waals surface area contributed by atoms with E-state index < -0.39 is 39.2 Å². The summed E-state index contributed by atoms with van der Waals surface area (Å²) in [5.41, 5.74) is -0.125. The fourth-order valence-corrected chi connectivity index (χ4v) is 4.87. The zero-order valence-corrected chi connectivity index (χ0v) is 17.2. The highest BCUT2D eigenvalue weighted by molar-refractivity contribution is 9.10. The fourth-order valence-electron chi connectivity index (χ4n) is 2.60. The molecule has 0 radical (unpaired) electrons. The topological polar surface area (TPSA) is 93.1 Å². The van der Waals surface area contributed by atoms with E-state index >= 15 is 0 Å². The first-order valence-corrected chi connectivity index (χ1v) is 9.64. The lowest BCUT2D eigenvalue weighted by atomic mass is 9.90. The number of rotatable bonds is 4. The van der Waals surface area contributed by atoms with E-state index in [0.717, 1.165) is 0 Å². The minimum absolute atomic E-state index is 0.0859. The molecule has 3 atom stereocenters. The Hall–Kier alpha value is -1.06. The van der Waals surface area contributed by atoms with E-state index in [1.54, 1.807) is 20.8 Å². The molecule has 1 unspecified atom stereocenters. The Balaban J connectivity index is 2.39. The van der Waals surface area contributed by atoms with Crippen molar-refractivity contribution in [3.8, 4) is 0 Å². The van der Waals surface area contributed by atoms with Gasteiger partial charge in [0.2, 0.25) is 0 Å². The minimum Gasteiger partial charge on any atom is -0.461 e. The number of aliphatic hydroxyl groups excluding tert-OH is 1. The molecule has 25 heavy (non-hydrogen) atoms. The number of nitrogens with zero attached hydrogens (tertiary/aromatic N) is 1. The zero-order valence-electron chi connectivity index (χ0n) is 14.8. The largest absolute Gasteiger partial charge is 0.461 e. The van der Waals surface area contributed by atoms with E-state index in [9.17, 15) is 19.5 Å². The van der Waals surface area contributed by atoms with Gasteiger partial charge in [0.05, 0.1) is 6.10 Å². The summed E-state index contributed by atoms with van der Waals surface area (Å²) >= 11 is 4.73. The number of carbonyl (C=O) groups is 3. The molecule has 9 heteroatoms. The number of ether oxygens (including phenoxy) is 2. The Labute approximate surface area is 159 Å². The van der Waals surface area contributed by atoms with Crippen molar-refractivity contribution in [1.29, 1.82) is 0 Å². The van der Waals surface area contributed by atoms with Crippen LogP contribution in [-0.4, -0.2) is 61.6 Å². The van der Waals surface area contributed by atoms with Gasteiger partial charge in [-0.2, -0.15) is 0 Å². The lowest BCUT2D eigenvalue weighted by Crippen LogP contribution is -2.74. The van der Waals surface area contributed by atoms with Crippen LogP contribution in [0, 0.1) is 0 Å². The number of halogens is 1. The number of aliphatic hydroxyl groups is 1. The molecule has 2 aliphatic heterocycles. The van der Waals surface area contributed by atoms with Crippen molar-refractivity contribution in [3.05, 3.63) is 11.3 Å². The Bertz CT molecular complexity index is 641. The molecule has 140 valence electrons. The van der Waals surface area contributed by atoms with E-state index in [1.165, 1.54) is 30.5 Å². The van der Waals surface area contributed by atoms with Crippen LogP contribution < -0.4 is 0 Å². The number of hydrogen-bond acceptors (Lipinski definition) is 7. The highest BCUT2D eigenvalue weighted by Crippen LogP contribution is 2.52.